The second kappa shape index (κ2) is 11.6. The highest BCUT2D eigenvalue weighted by molar-refractivity contribution is 5.79. The number of phenols is 1. The van der Waals surface area contributed by atoms with E-state index in [-0.39, 0.29) is 61.2 Å². The average molecular weight is 611 g/mol. The maximum Gasteiger partial charge on any atom is 0.310 e. The number of carbonyl (C=O) groups excluding carboxylic acids is 1. The number of esters is 1. The number of phenolic OH excluding ortho intramolecular Hbond substituents is 1. The lowest BCUT2D eigenvalue weighted by Gasteiger charge is -2.47. The number of methoxy groups -OCH3 is 2. The molecule has 44 heavy (non-hydrogen) atoms. The molecule has 0 spiro atoms. The lowest BCUT2D eigenvalue weighted by molar-refractivity contribution is -0.324. The molecule has 2 aromatic carbocycles. The summed E-state index contributed by atoms with van der Waals surface area (Å²) in [5.41, 5.74) is 2.30. The van der Waals surface area contributed by atoms with Crippen LogP contribution >= 0.6 is 0 Å². The van der Waals surface area contributed by atoms with E-state index in [0.717, 1.165) is 11.1 Å². The van der Waals surface area contributed by atoms with Gasteiger partial charge in [0, 0.05) is 24.3 Å². The first-order valence-corrected chi connectivity index (χ1v) is 14.6. The number of cyclic esters (lactones) is 1. The van der Waals surface area contributed by atoms with Gasteiger partial charge in [0.25, 0.3) is 0 Å². The lowest BCUT2D eigenvalue weighted by atomic mass is 9.66. The number of nitriles is 1. The number of hydrogen-bond acceptors (Lipinski definition) is 13. The number of rotatable bonds is 7. The molecule has 2 N–H and O–H groups in total. The van der Waals surface area contributed by atoms with Crippen molar-refractivity contribution in [1.29, 1.82) is 5.26 Å². The molecule has 13 heteroatoms. The fourth-order valence-electron chi connectivity index (χ4n) is 7.14. The minimum atomic E-state index is -0.696. The summed E-state index contributed by atoms with van der Waals surface area (Å²) in [5.74, 6) is -0.430. The van der Waals surface area contributed by atoms with Gasteiger partial charge in [0.2, 0.25) is 12.5 Å². The molecule has 4 aliphatic heterocycles. The van der Waals surface area contributed by atoms with Crippen molar-refractivity contribution in [3.05, 3.63) is 41.0 Å². The first-order valence-electron chi connectivity index (χ1n) is 14.6. The lowest BCUT2D eigenvalue weighted by Crippen LogP contribution is -2.60. The zero-order valence-electron chi connectivity index (χ0n) is 24.5. The quantitative estimate of drug-likeness (QED) is 0.349. The van der Waals surface area contributed by atoms with Gasteiger partial charge in [-0.3, -0.25) is 10.1 Å². The highest BCUT2D eigenvalue weighted by Crippen LogP contribution is 2.57. The third kappa shape index (κ3) is 4.87. The predicted octanol–water partition coefficient (Wildman–Crippen LogP) is 2.49. The fraction of sp³-hybridized carbons (Fsp3) is 0.548. The van der Waals surface area contributed by atoms with Gasteiger partial charge in [-0.1, -0.05) is 0 Å². The van der Waals surface area contributed by atoms with Crippen LogP contribution in [0, 0.1) is 23.2 Å². The van der Waals surface area contributed by atoms with Gasteiger partial charge in [0.15, 0.2) is 35.6 Å². The molecule has 9 atom stereocenters. The van der Waals surface area contributed by atoms with Crippen LogP contribution in [0.1, 0.15) is 42.1 Å². The van der Waals surface area contributed by atoms with E-state index < -0.39 is 36.6 Å². The zero-order chi connectivity index (χ0) is 30.5. The Kier molecular flexibility index (Phi) is 7.63. The van der Waals surface area contributed by atoms with Crippen LogP contribution in [0.2, 0.25) is 0 Å². The Morgan fingerprint density at radius 1 is 1.02 bits per heavy atom. The molecule has 1 aliphatic carbocycles. The molecule has 3 saturated heterocycles. The molecule has 13 nitrogen and oxygen atoms in total. The minimum Gasteiger partial charge on any atom is -0.502 e. The number of hydrogen-bond donors (Lipinski definition) is 2. The Bertz CT molecular complexity index is 1450. The van der Waals surface area contributed by atoms with E-state index in [1.165, 1.54) is 14.2 Å². The Morgan fingerprint density at radius 3 is 2.45 bits per heavy atom. The number of nitrogens with one attached hydrogen (secondary N) is 1. The Balaban J connectivity index is 1.29. The van der Waals surface area contributed by atoms with E-state index in [4.69, 9.17) is 42.6 Å². The predicted molar refractivity (Wildman–Crippen MR) is 148 cm³/mol. The van der Waals surface area contributed by atoms with E-state index in [1.807, 2.05) is 19.1 Å². The van der Waals surface area contributed by atoms with Crippen LogP contribution in [-0.2, 0) is 28.5 Å². The summed E-state index contributed by atoms with van der Waals surface area (Å²) in [7, 11) is 2.91. The van der Waals surface area contributed by atoms with Crippen molar-refractivity contribution in [2.45, 2.75) is 56.2 Å². The normalized spacial score (nSPS) is 33.4. The maximum absolute atomic E-state index is 13.5. The summed E-state index contributed by atoms with van der Waals surface area (Å²) in [6.07, 6.45) is -2.01. The van der Waals surface area contributed by atoms with Crippen LogP contribution in [0.25, 0.3) is 0 Å². The summed E-state index contributed by atoms with van der Waals surface area (Å²) in [5, 5.41) is 23.1. The fourth-order valence-corrected chi connectivity index (χ4v) is 7.14. The number of nitrogens with zero attached hydrogens (tertiary/aromatic N) is 1. The van der Waals surface area contributed by atoms with E-state index in [1.54, 1.807) is 12.1 Å². The van der Waals surface area contributed by atoms with E-state index in [0.29, 0.717) is 30.1 Å². The topological polar surface area (TPSA) is 156 Å². The summed E-state index contributed by atoms with van der Waals surface area (Å²) in [6.45, 7) is 2.50. The van der Waals surface area contributed by atoms with Gasteiger partial charge in [-0.05, 0) is 47.9 Å². The van der Waals surface area contributed by atoms with Crippen LogP contribution in [0.5, 0.6) is 28.7 Å². The molecule has 0 aromatic heterocycles. The summed E-state index contributed by atoms with van der Waals surface area (Å²) in [4.78, 5) is 13.5. The van der Waals surface area contributed by atoms with Gasteiger partial charge in [-0.2, -0.15) is 5.26 Å². The average Bonchev–Trinajstić information content (AvgIpc) is 3.65. The second-order valence-electron chi connectivity index (χ2n) is 11.4. The molecule has 0 saturated carbocycles. The minimum absolute atomic E-state index is 0.0731. The molecule has 0 radical (unpaired) electrons. The van der Waals surface area contributed by atoms with Crippen molar-refractivity contribution < 1.29 is 52.5 Å². The number of ether oxygens (including phenoxy) is 9. The molecule has 234 valence electrons. The van der Waals surface area contributed by atoms with E-state index in [9.17, 15) is 15.2 Å². The molecule has 0 amide bonds. The molecule has 7 rings (SSSR count). The summed E-state index contributed by atoms with van der Waals surface area (Å²) in [6, 6.07) is 9.12. The second-order valence-corrected chi connectivity index (χ2v) is 11.4. The summed E-state index contributed by atoms with van der Waals surface area (Å²) >= 11 is 0. The highest BCUT2D eigenvalue weighted by Gasteiger charge is 2.54. The Labute approximate surface area is 253 Å². The SMILES string of the molecule is COc1cc([C@@H]2c3cc4c(cc3[C@@H](OC3CC(NCC#N)C5OC(C)OCC5O3)[C@H]3COC(=O)[C@H]23)OCO4)cc(OC)c1O. The number of benzene rings is 2. The number of fused-ring (bicyclic) bond motifs is 4. The zero-order valence-corrected chi connectivity index (χ0v) is 24.5. The molecule has 3 fully saturated rings. The smallest absolute Gasteiger partial charge is 0.310 e. The highest BCUT2D eigenvalue weighted by atomic mass is 16.7. The molecule has 4 heterocycles. The molecule has 5 aliphatic rings. The van der Waals surface area contributed by atoms with Gasteiger partial charge in [-0.25, -0.2) is 0 Å². The van der Waals surface area contributed by atoms with Crippen LogP contribution in [0.3, 0.4) is 0 Å². The van der Waals surface area contributed by atoms with Gasteiger partial charge < -0.3 is 47.7 Å². The monoisotopic (exact) mass is 610 g/mol. The van der Waals surface area contributed by atoms with Crippen LogP contribution in [0.4, 0.5) is 0 Å². The third-order valence-electron chi connectivity index (χ3n) is 9.10. The van der Waals surface area contributed by atoms with E-state index >= 15 is 0 Å². The molecule has 2 aromatic rings. The van der Waals surface area contributed by atoms with Crippen LogP contribution < -0.4 is 24.3 Å². The van der Waals surface area contributed by atoms with Gasteiger partial charge >= 0.3 is 5.97 Å². The van der Waals surface area contributed by atoms with E-state index in [2.05, 4.69) is 11.4 Å². The standard InChI is InChI=1S/C31H34N2O11/c1-14-38-12-24-30(42-14)19(33-5-4-32)10-25(43-24)44-29-17-9-21-20(40-13-41-21)8-16(17)26(27-18(29)11-39-31(27)35)15-6-22(36-2)28(34)23(7-15)37-3/h6-9,14,18-19,24-27,29-30,33-34H,5,10-13H2,1-3H3/t14?,18-,19?,24?,25?,26+,27-,29+,30?/m0/s1. The Morgan fingerprint density at radius 2 is 1.75 bits per heavy atom. The van der Waals surface area contributed by atoms with Crippen molar-refractivity contribution in [3.63, 3.8) is 0 Å². The molecular weight excluding hydrogens is 576 g/mol. The van der Waals surface area contributed by atoms with Crippen LogP contribution in [0.15, 0.2) is 24.3 Å². The van der Waals surface area contributed by atoms with Crippen molar-refractivity contribution in [1.82, 2.24) is 5.32 Å². The van der Waals surface area contributed by atoms with Gasteiger partial charge in [0.05, 0.1) is 52.1 Å². The van der Waals surface area contributed by atoms with Gasteiger partial charge in [0.1, 0.15) is 12.2 Å². The number of aromatic hydroxyl groups is 1. The van der Waals surface area contributed by atoms with Crippen molar-refractivity contribution in [2.75, 3.05) is 40.8 Å². The third-order valence-corrected chi connectivity index (χ3v) is 9.10. The van der Waals surface area contributed by atoms with Crippen molar-refractivity contribution in [2.24, 2.45) is 11.8 Å². The largest absolute Gasteiger partial charge is 0.502 e. The first kappa shape index (κ1) is 28.9. The maximum atomic E-state index is 13.5. The molecular formula is C31H34N2O11. The van der Waals surface area contributed by atoms with Crippen LogP contribution in [-0.4, -0.2) is 82.7 Å². The molecule has 0 bridgehead atoms. The van der Waals surface area contributed by atoms with Crippen molar-refractivity contribution in [3.8, 4) is 34.8 Å². The molecule has 5 unspecified atom stereocenters. The van der Waals surface area contributed by atoms with Gasteiger partial charge in [-0.15, -0.1) is 0 Å². The number of carbonyl (C=O) groups is 1. The first-order chi connectivity index (χ1) is 21.4. The Hall–Kier alpha value is -3.80. The summed E-state index contributed by atoms with van der Waals surface area (Å²) < 4.78 is 53.0. The van der Waals surface area contributed by atoms with Crippen molar-refractivity contribution >= 4 is 5.97 Å².